The number of aromatic nitrogens is 2. The van der Waals surface area contributed by atoms with Crippen molar-refractivity contribution in [2.24, 2.45) is 0 Å². The zero-order valence-corrected chi connectivity index (χ0v) is 15.0. The van der Waals surface area contributed by atoms with Crippen LogP contribution in [0.2, 0.25) is 0 Å². The summed E-state index contributed by atoms with van der Waals surface area (Å²) in [6, 6.07) is 10.4. The van der Waals surface area contributed by atoms with Gasteiger partial charge in [0.1, 0.15) is 5.03 Å². The highest BCUT2D eigenvalue weighted by Crippen LogP contribution is 2.31. The summed E-state index contributed by atoms with van der Waals surface area (Å²) in [6.45, 7) is 1.21. The molecule has 0 saturated carbocycles. The first-order valence-electron chi connectivity index (χ1n) is 8.61. The maximum absolute atomic E-state index is 4.92. The van der Waals surface area contributed by atoms with Crippen LogP contribution in [0.15, 0.2) is 35.4 Å². The number of hydrogen-bond donors (Lipinski definition) is 1. The van der Waals surface area contributed by atoms with E-state index in [1.807, 2.05) is 17.8 Å². The molecule has 1 N–H and O–H groups in total. The van der Waals surface area contributed by atoms with Crippen LogP contribution in [-0.2, 0) is 12.8 Å². The molecule has 0 radical (unpaired) electrons. The molecule has 1 heterocycles. The SMILES string of the molecule is C[NH+](C)CCCSc1nc(-c2ccccc2)nc2c1CCCC2. The first kappa shape index (κ1) is 16.5. The van der Waals surface area contributed by atoms with Crippen LogP contribution >= 0.6 is 11.8 Å². The second-order valence-corrected chi connectivity index (χ2v) is 7.59. The fourth-order valence-electron chi connectivity index (χ4n) is 2.99. The molecule has 3 nitrogen and oxygen atoms in total. The van der Waals surface area contributed by atoms with Crippen LogP contribution in [0.4, 0.5) is 0 Å². The third-order valence-electron chi connectivity index (χ3n) is 4.24. The van der Waals surface area contributed by atoms with Crippen molar-refractivity contribution in [1.29, 1.82) is 0 Å². The van der Waals surface area contributed by atoms with Gasteiger partial charge in [0.05, 0.1) is 20.6 Å². The second-order valence-electron chi connectivity index (χ2n) is 6.51. The van der Waals surface area contributed by atoms with Crippen molar-refractivity contribution in [3.8, 4) is 11.4 Å². The highest BCUT2D eigenvalue weighted by atomic mass is 32.2. The number of nitrogens with one attached hydrogen (secondary N) is 1. The van der Waals surface area contributed by atoms with Crippen molar-refractivity contribution in [3.63, 3.8) is 0 Å². The minimum atomic E-state index is 0.895. The van der Waals surface area contributed by atoms with Crippen molar-refractivity contribution in [2.45, 2.75) is 37.1 Å². The maximum Gasteiger partial charge on any atom is 0.160 e. The quantitative estimate of drug-likeness (QED) is 0.502. The molecule has 1 aliphatic rings. The summed E-state index contributed by atoms with van der Waals surface area (Å²) in [7, 11) is 4.43. The largest absolute Gasteiger partial charge is 0.340 e. The van der Waals surface area contributed by atoms with E-state index in [9.17, 15) is 0 Å². The normalized spacial score (nSPS) is 14.0. The van der Waals surface area contributed by atoms with Gasteiger partial charge < -0.3 is 4.90 Å². The van der Waals surface area contributed by atoms with Crippen LogP contribution in [0.5, 0.6) is 0 Å². The molecule has 0 fully saturated rings. The van der Waals surface area contributed by atoms with Gasteiger partial charge in [0.15, 0.2) is 5.82 Å². The molecule has 0 amide bonds. The molecule has 0 atom stereocenters. The molecule has 122 valence electrons. The third kappa shape index (κ3) is 4.33. The van der Waals surface area contributed by atoms with E-state index < -0.39 is 0 Å². The molecule has 0 spiro atoms. The predicted molar refractivity (Wildman–Crippen MR) is 97.1 cm³/mol. The van der Waals surface area contributed by atoms with Crippen molar-refractivity contribution >= 4 is 11.8 Å². The molecule has 1 aromatic carbocycles. The Hall–Kier alpha value is -1.39. The summed E-state index contributed by atoms with van der Waals surface area (Å²) in [5.41, 5.74) is 3.82. The molecular weight excluding hydrogens is 302 g/mol. The zero-order chi connectivity index (χ0) is 16.1. The molecule has 4 heteroatoms. The van der Waals surface area contributed by atoms with Crippen molar-refractivity contribution in [2.75, 3.05) is 26.4 Å². The van der Waals surface area contributed by atoms with E-state index in [2.05, 4.69) is 38.4 Å². The van der Waals surface area contributed by atoms with E-state index in [1.165, 1.54) is 47.0 Å². The monoisotopic (exact) mass is 328 g/mol. The van der Waals surface area contributed by atoms with Gasteiger partial charge in [-0.05, 0) is 25.7 Å². The van der Waals surface area contributed by atoms with Gasteiger partial charge in [-0.3, -0.25) is 0 Å². The average molecular weight is 329 g/mol. The predicted octanol–water partition coefficient (Wildman–Crippen LogP) is 2.65. The Labute approximate surface area is 143 Å². The molecule has 0 bridgehead atoms. The summed E-state index contributed by atoms with van der Waals surface area (Å²) in [4.78, 5) is 11.3. The number of thioether (sulfide) groups is 1. The van der Waals surface area contributed by atoms with E-state index in [-0.39, 0.29) is 0 Å². The lowest BCUT2D eigenvalue weighted by Gasteiger charge is -2.19. The highest BCUT2D eigenvalue weighted by Gasteiger charge is 2.18. The molecular formula is C19H26N3S+. The van der Waals surface area contributed by atoms with Gasteiger partial charge in [-0.15, -0.1) is 11.8 Å². The fraction of sp³-hybridized carbons (Fsp3) is 0.474. The van der Waals surface area contributed by atoms with E-state index in [1.54, 1.807) is 0 Å². The van der Waals surface area contributed by atoms with Crippen LogP contribution in [0.25, 0.3) is 11.4 Å². The Balaban J connectivity index is 1.84. The Morgan fingerprint density at radius 3 is 2.61 bits per heavy atom. The van der Waals surface area contributed by atoms with Gasteiger partial charge in [-0.25, -0.2) is 9.97 Å². The Morgan fingerprint density at radius 1 is 1.04 bits per heavy atom. The number of rotatable bonds is 6. The van der Waals surface area contributed by atoms with Gasteiger partial charge >= 0.3 is 0 Å². The lowest BCUT2D eigenvalue weighted by molar-refractivity contribution is -0.858. The van der Waals surface area contributed by atoms with Crippen LogP contribution in [0.3, 0.4) is 0 Å². The second kappa shape index (κ2) is 7.93. The molecule has 3 rings (SSSR count). The van der Waals surface area contributed by atoms with Gasteiger partial charge in [0.2, 0.25) is 0 Å². The number of fused-ring (bicyclic) bond motifs is 1. The number of quaternary nitrogens is 1. The fourth-order valence-corrected chi connectivity index (χ4v) is 4.02. The summed E-state index contributed by atoms with van der Waals surface area (Å²) in [5.74, 6) is 2.04. The minimum Gasteiger partial charge on any atom is -0.340 e. The lowest BCUT2D eigenvalue weighted by atomic mass is 9.97. The van der Waals surface area contributed by atoms with Gasteiger partial charge in [0, 0.05) is 29.0 Å². The number of hydrogen-bond acceptors (Lipinski definition) is 3. The topological polar surface area (TPSA) is 30.2 Å². The maximum atomic E-state index is 4.92. The van der Waals surface area contributed by atoms with Crippen molar-refractivity contribution < 1.29 is 4.90 Å². The summed E-state index contributed by atoms with van der Waals surface area (Å²) >= 11 is 1.92. The number of benzene rings is 1. The first-order valence-corrected chi connectivity index (χ1v) is 9.59. The Morgan fingerprint density at radius 2 is 1.83 bits per heavy atom. The highest BCUT2D eigenvalue weighted by molar-refractivity contribution is 7.99. The van der Waals surface area contributed by atoms with Crippen molar-refractivity contribution in [1.82, 2.24) is 9.97 Å². The molecule has 23 heavy (non-hydrogen) atoms. The Bertz CT molecular complexity index is 641. The summed E-state index contributed by atoms with van der Waals surface area (Å²) in [5, 5.41) is 1.22. The minimum absolute atomic E-state index is 0.895. The van der Waals surface area contributed by atoms with Crippen LogP contribution in [0.1, 0.15) is 30.5 Å². The molecule has 0 aliphatic heterocycles. The lowest BCUT2D eigenvalue weighted by Crippen LogP contribution is -3.05. The van der Waals surface area contributed by atoms with E-state index >= 15 is 0 Å². The van der Waals surface area contributed by atoms with Crippen LogP contribution < -0.4 is 4.90 Å². The number of nitrogens with zero attached hydrogens (tertiary/aromatic N) is 2. The molecule has 2 aromatic rings. The molecule has 1 aromatic heterocycles. The molecule has 1 aliphatic carbocycles. The van der Waals surface area contributed by atoms with E-state index in [0.717, 1.165) is 30.0 Å². The Kier molecular flexibility index (Phi) is 5.68. The van der Waals surface area contributed by atoms with Crippen LogP contribution in [-0.4, -0.2) is 36.4 Å². The smallest absolute Gasteiger partial charge is 0.160 e. The van der Waals surface area contributed by atoms with Gasteiger partial charge in [0.25, 0.3) is 0 Å². The van der Waals surface area contributed by atoms with Gasteiger partial charge in [-0.1, -0.05) is 30.3 Å². The number of aryl methyl sites for hydroxylation is 1. The summed E-state index contributed by atoms with van der Waals surface area (Å²) < 4.78 is 0. The van der Waals surface area contributed by atoms with E-state index in [4.69, 9.17) is 9.97 Å². The van der Waals surface area contributed by atoms with Gasteiger partial charge in [-0.2, -0.15) is 0 Å². The standard InChI is InChI=1S/C19H25N3S/c1-22(2)13-8-14-23-19-16-11-6-7-12-17(16)20-18(21-19)15-9-4-3-5-10-15/h3-5,9-10H,6-8,11-14H2,1-2H3/p+1. The average Bonchev–Trinajstić information content (AvgIpc) is 2.59. The molecule has 0 saturated heterocycles. The van der Waals surface area contributed by atoms with E-state index in [0.29, 0.717) is 0 Å². The molecule has 0 unspecified atom stereocenters. The first-order chi connectivity index (χ1) is 11.2. The van der Waals surface area contributed by atoms with Crippen LogP contribution in [0, 0.1) is 0 Å². The third-order valence-corrected chi connectivity index (χ3v) is 5.34. The zero-order valence-electron chi connectivity index (χ0n) is 14.1. The van der Waals surface area contributed by atoms with Crippen molar-refractivity contribution in [3.05, 3.63) is 41.6 Å². The summed E-state index contributed by atoms with van der Waals surface area (Å²) in [6.07, 6.45) is 6.01.